The maximum Gasteiger partial charge on any atom is 0.443 e. The van der Waals surface area contributed by atoms with Gasteiger partial charge in [0, 0.05) is 17.5 Å². The molecule has 138 valence electrons. The molecule has 26 heavy (non-hydrogen) atoms. The predicted molar refractivity (Wildman–Crippen MR) is 77.5 cm³/mol. The molecule has 0 N–H and O–H groups in total. The average Bonchev–Trinajstić information content (AvgIpc) is 3.13. The number of alkyl halides is 3. The molecule has 0 aliphatic carbocycles. The van der Waals surface area contributed by atoms with Crippen molar-refractivity contribution in [2.45, 2.75) is 24.7 Å². The number of cyclic esters (lactones) is 1. The third kappa shape index (κ3) is 3.47. The molecular formula is C15H9F4N2O4S-. The second-order valence-electron chi connectivity index (χ2n) is 5.39. The Labute approximate surface area is 147 Å². The number of ether oxygens (including phenoxy) is 1. The van der Waals surface area contributed by atoms with Crippen molar-refractivity contribution in [2.75, 3.05) is 0 Å². The van der Waals surface area contributed by atoms with E-state index in [0.29, 0.717) is 21.8 Å². The molecule has 1 aliphatic heterocycles. The predicted octanol–water partition coefficient (Wildman–Crippen LogP) is 2.75. The van der Waals surface area contributed by atoms with Crippen molar-refractivity contribution < 1.29 is 37.0 Å². The summed E-state index contributed by atoms with van der Waals surface area (Å²) < 4.78 is 56.1. The van der Waals surface area contributed by atoms with Crippen molar-refractivity contribution >= 4 is 23.5 Å². The lowest BCUT2D eigenvalue weighted by Crippen LogP contribution is -2.47. The molecule has 2 atom stereocenters. The summed E-state index contributed by atoms with van der Waals surface area (Å²) in [7, 11) is 0. The first-order valence-corrected chi connectivity index (χ1v) is 7.96. The fourth-order valence-electron chi connectivity index (χ4n) is 2.60. The number of halogens is 4. The van der Waals surface area contributed by atoms with Crippen LogP contribution in [0.4, 0.5) is 27.2 Å². The molecular weight excluding hydrogens is 380 g/mol. The van der Waals surface area contributed by atoms with Crippen LogP contribution < -0.4 is 5.11 Å². The van der Waals surface area contributed by atoms with E-state index in [9.17, 15) is 32.3 Å². The SMILES string of the molecule is O=C([O-])N1C(=O)OC(c2ccc(F)cc2)C1Cc1cnc(C(F)(F)F)s1. The van der Waals surface area contributed by atoms with Crippen LogP contribution in [0.1, 0.15) is 21.6 Å². The molecule has 0 bridgehead atoms. The second-order valence-corrected chi connectivity index (χ2v) is 6.51. The van der Waals surface area contributed by atoms with Crippen LogP contribution in [0.2, 0.25) is 0 Å². The topological polar surface area (TPSA) is 82.6 Å². The molecule has 11 heteroatoms. The molecule has 0 spiro atoms. The average molecular weight is 389 g/mol. The molecule has 2 aromatic rings. The summed E-state index contributed by atoms with van der Waals surface area (Å²) >= 11 is 0.338. The zero-order chi connectivity index (χ0) is 19.1. The molecule has 0 radical (unpaired) electrons. The number of hydrogen-bond donors (Lipinski definition) is 0. The van der Waals surface area contributed by atoms with Gasteiger partial charge in [0.15, 0.2) is 5.01 Å². The molecule has 1 aromatic heterocycles. The maximum absolute atomic E-state index is 13.1. The van der Waals surface area contributed by atoms with Crippen LogP contribution in [0.5, 0.6) is 0 Å². The number of thiazole rings is 1. The van der Waals surface area contributed by atoms with Gasteiger partial charge in [-0.2, -0.15) is 13.2 Å². The minimum absolute atomic E-state index is 0.110. The number of benzene rings is 1. The van der Waals surface area contributed by atoms with Gasteiger partial charge in [-0.15, -0.1) is 11.3 Å². The van der Waals surface area contributed by atoms with Gasteiger partial charge in [-0.05, 0) is 17.7 Å². The molecule has 1 saturated heterocycles. The van der Waals surface area contributed by atoms with Crippen LogP contribution >= 0.6 is 11.3 Å². The highest BCUT2D eigenvalue weighted by molar-refractivity contribution is 7.11. The molecule has 1 aromatic carbocycles. The summed E-state index contributed by atoms with van der Waals surface area (Å²) in [6, 6.07) is 3.62. The van der Waals surface area contributed by atoms with Crippen molar-refractivity contribution in [3.05, 3.63) is 51.7 Å². The van der Waals surface area contributed by atoms with E-state index in [4.69, 9.17) is 4.74 Å². The lowest BCUT2D eigenvalue weighted by atomic mass is 9.99. The van der Waals surface area contributed by atoms with Crippen molar-refractivity contribution in [2.24, 2.45) is 0 Å². The van der Waals surface area contributed by atoms with Gasteiger partial charge in [-0.1, -0.05) is 12.1 Å². The van der Waals surface area contributed by atoms with Gasteiger partial charge >= 0.3 is 12.3 Å². The lowest BCUT2D eigenvalue weighted by molar-refractivity contribution is -0.262. The van der Waals surface area contributed by atoms with Crippen LogP contribution in [-0.2, 0) is 17.3 Å². The second kappa shape index (κ2) is 6.56. The number of imide groups is 1. The first-order valence-electron chi connectivity index (χ1n) is 7.15. The van der Waals surface area contributed by atoms with Gasteiger partial charge in [0.1, 0.15) is 18.0 Å². The third-order valence-corrected chi connectivity index (χ3v) is 4.77. The minimum Gasteiger partial charge on any atom is -0.529 e. The Morgan fingerprint density at radius 3 is 2.50 bits per heavy atom. The van der Waals surface area contributed by atoms with Gasteiger partial charge in [0.2, 0.25) is 0 Å². The van der Waals surface area contributed by atoms with E-state index in [-0.39, 0.29) is 11.3 Å². The van der Waals surface area contributed by atoms with Gasteiger partial charge in [-0.25, -0.2) is 14.2 Å². The highest BCUT2D eigenvalue weighted by Crippen LogP contribution is 2.37. The Morgan fingerprint density at radius 2 is 1.96 bits per heavy atom. The summed E-state index contributed by atoms with van der Waals surface area (Å²) in [5.41, 5.74) is 0.300. The summed E-state index contributed by atoms with van der Waals surface area (Å²) in [6.45, 7) is 0. The van der Waals surface area contributed by atoms with Crippen LogP contribution in [-0.4, -0.2) is 28.1 Å². The lowest BCUT2D eigenvalue weighted by Gasteiger charge is -2.24. The fourth-order valence-corrected chi connectivity index (χ4v) is 3.43. The first-order chi connectivity index (χ1) is 12.2. The van der Waals surface area contributed by atoms with Gasteiger partial charge in [-0.3, -0.25) is 4.90 Å². The number of nitrogens with zero attached hydrogens (tertiary/aromatic N) is 2. The number of carboxylic acid groups (broad SMARTS) is 1. The fraction of sp³-hybridized carbons (Fsp3) is 0.267. The van der Waals surface area contributed by atoms with E-state index < -0.39 is 41.3 Å². The summed E-state index contributed by atoms with van der Waals surface area (Å²) in [5, 5.41) is 10.2. The minimum atomic E-state index is -4.63. The van der Waals surface area contributed by atoms with E-state index in [1.54, 1.807) is 0 Å². The van der Waals surface area contributed by atoms with E-state index in [1.807, 2.05) is 0 Å². The van der Waals surface area contributed by atoms with Gasteiger partial charge < -0.3 is 14.6 Å². The summed E-state index contributed by atoms with van der Waals surface area (Å²) in [4.78, 5) is 26.8. The normalized spacial score (nSPS) is 20.3. The van der Waals surface area contributed by atoms with E-state index in [2.05, 4.69) is 4.98 Å². The number of hydrogen-bond acceptors (Lipinski definition) is 6. The van der Waals surface area contributed by atoms with Crippen molar-refractivity contribution in [3.8, 4) is 0 Å². The van der Waals surface area contributed by atoms with Crippen LogP contribution in [0.25, 0.3) is 0 Å². The van der Waals surface area contributed by atoms with Crippen molar-refractivity contribution in [1.29, 1.82) is 0 Å². The third-order valence-electron chi connectivity index (χ3n) is 3.71. The van der Waals surface area contributed by atoms with E-state index in [1.165, 1.54) is 12.1 Å². The Kier molecular flexibility index (Phi) is 4.57. The molecule has 2 heterocycles. The Morgan fingerprint density at radius 1 is 1.31 bits per heavy atom. The van der Waals surface area contributed by atoms with Crippen LogP contribution in [0.15, 0.2) is 30.5 Å². The van der Waals surface area contributed by atoms with Gasteiger partial charge in [0.05, 0.1) is 6.04 Å². The molecule has 1 aliphatic rings. The molecule has 2 amide bonds. The summed E-state index contributed by atoms with van der Waals surface area (Å²) in [5.74, 6) is -0.552. The van der Waals surface area contributed by atoms with E-state index >= 15 is 0 Å². The maximum atomic E-state index is 13.1. The number of carbonyl (C=O) groups excluding carboxylic acids is 2. The number of carbonyl (C=O) groups is 2. The van der Waals surface area contributed by atoms with Crippen molar-refractivity contribution in [1.82, 2.24) is 9.88 Å². The zero-order valence-electron chi connectivity index (χ0n) is 12.7. The Balaban J connectivity index is 1.92. The van der Waals surface area contributed by atoms with E-state index in [0.717, 1.165) is 18.3 Å². The molecule has 1 fully saturated rings. The van der Waals surface area contributed by atoms with Crippen LogP contribution in [0, 0.1) is 5.82 Å². The quantitative estimate of drug-likeness (QED) is 0.754. The summed E-state index contributed by atoms with van der Waals surface area (Å²) in [6.07, 6.45) is -8.08. The van der Waals surface area contributed by atoms with Crippen LogP contribution in [0.3, 0.4) is 0 Å². The zero-order valence-corrected chi connectivity index (χ0v) is 13.5. The number of aromatic nitrogens is 1. The van der Waals surface area contributed by atoms with Gasteiger partial charge in [0.25, 0.3) is 0 Å². The van der Waals surface area contributed by atoms with Crippen molar-refractivity contribution in [3.63, 3.8) is 0 Å². The highest BCUT2D eigenvalue weighted by Gasteiger charge is 2.44. The molecule has 2 unspecified atom stereocenters. The monoisotopic (exact) mass is 389 g/mol. The highest BCUT2D eigenvalue weighted by atomic mass is 32.1. The number of amides is 2. The largest absolute Gasteiger partial charge is 0.529 e. The Bertz CT molecular complexity index is 837. The first kappa shape index (κ1) is 18.1. The smallest absolute Gasteiger partial charge is 0.443 e. The Hall–Kier alpha value is -2.69. The number of rotatable bonds is 3. The molecule has 6 nitrogen and oxygen atoms in total. The molecule has 0 saturated carbocycles. The molecule has 3 rings (SSSR count). The standard InChI is InChI=1S/C15H10F4N2O4S/c16-8-3-1-7(2-4-8)11-10(21(13(22)23)14(24)25-11)5-9-6-20-12(26-9)15(17,18)19/h1-4,6,10-11H,5H2,(H,22,23)/p-1.